The number of ether oxygens (including phenoxy) is 2. The van der Waals surface area contributed by atoms with Gasteiger partial charge in [-0.1, -0.05) is 106 Å². The number of allylic oxidation sites excluding steroid dienone is 10. The van der Waals surface area contributed by atoms with Gasteiger partial charge in [0.2, 0.25) is 0 Å². The maximum atomic E-state index is 12.9. The molecule has 7 N–H and O–H groups in total. The average molecular weight is 896 g/mol. The Morgan fingerprint density at radius 3 is 1.94 bits per heavy atom. The Balaban J connectivity index is 2.57. The van der Waals surface area contributed by atoms with Crippen LogP contribution in [0.1, 0.15) is 129 Å². The topological polar surface area (TPSA) is 249 Å². The number of carboxylic acid groups (broad SMARTS) is 1. The summed E-state index contributed by atoms with van der Waals surface area (Å²) in [6.45, 7) is 2.12. The Morgan fingerprint density at radius 2 is 1.32 bits per heavy atom. The summed E-state index contributed by atoms with van der Waals surface area (Å²) in [5.41, 5.74) is 5.32. The third kappa shape index (κ3) is 29.0. The van der Waals surface area contributed by atoms with E-state index in [0.717, 1.165) is 51.4 Å². The molecule has 0 aromatic rings. The fraction of sp³-hybridized carbons (Fsp3) is 0.652. The quantitative estimate of drug-likeness (QED) is 0.0156. The van der Waals surface area contributed by atoms with E-state index in [4.69, 9.17) is 24.8 Å². The summed E-state index contributed by atoms with van der Waals surface area (Å²) >= 11 is 0. The van der Waals surface area contributed by atoms with E-state index in [-0.39, 0.29) is 44.3 Å². The van der Waals surface area contributed by atoms with Gasteiger partial charge in [-0.2, -0.15) is 0 Å². The Kier molecular flexibility index (Phi) is 31.8. The number of hydrogen-bond donors (Lipinski definition) is 6. The molecule has 1 rings (SSSR count). The van der Waals surface area contributed by atoms with E-state index in [1.807, 2.05) is 12.2 Å². The van der Waals surface area contributed by atoms with Crippen LogP contribution in [0.3, 0.4) is 0 Å². The number of unbranched alkanes of at least 4 members (excludes halogenated alkanes) is 4. The number of rotatable bonds is 36. The highest BCUT2D eigenvalue weighted by molar-refractivity contribution is 7.47. The van der Waals surface area contributed by atoms with Gasteiger partial charge in [0.05, 0.1) is 31.5 Å². The summed E-state index contributed by atoms with van der Waals surface area (Å²) in [7, 11) is -4.84. The van der Waals surface area contributed by atoms with Gasteiger partial charge in [0.25, 0.3) is 0 Å². The van der Waals surface area contributed by atoms with Gasteiger partial charge in [0.1, 0.15) is 18.4 Å². The molecular weight excluding hydrogens is 821 g/mol. The molecule has 1 aliphatic carbocycles. The van der Waals surface area contributed by atoms with Crippen LogP contribution in [0.5, 0.6) is 0 Å². The fourth-order valence-electron chi connectivity index (χ4n) is 6.39. The molecule has 1 saturated carbocycles. The van der Waals surface area contributed by atoms with Gasteiger partial charge in [-0.05, 0) is 64.2 Å². The molecule has 1 fully saturated rings. The largest absolute Gasteiger partial charge is 0.480 e. The lowest BCUT2D eigenvalue weighted by atomic mass is 9.87. The number of phosphoric ester groups is 1. The minimum Gasteiger partial charge on any atom is -0.480 e. The van der Waals surface area contributed by atoms with Gasteiger partial charge in [0, 0.05) is 43.9 Å². The zero-order valence-electron chi connectivity index (χ0n) is 36.8. The van der Waals surface area contributed by atoms with Crippen LogP contribution >= 0.6 is 7.82 Å². The summed E-state index contributed by atoms with van der Waals surface area (Å²) < 4.78 is 32.5. The lowest BCUT2D eigenvalue weighted by Gasteiger charge is -2.21. The smallest absolute Gasteiger partial charge is 0.472 e. The number of carbonyl (C=O) groups excluding carboxylic acids is 3. The molecule has 0 saturated heterocycles. The standard InChI is InChI=1S/C46H74NO14P/c1-3-5-7-8-9-10-11-12-13-14-15-16-17-18-19-20-22-27-44(52)58-33-38(34-59-62(56,57)60-35-41(47)46(54)55)61-45(53)28-24-23-26-37(49)31-40-39(42(50)32-43(40)51)30-29-36(48)25-21-6-4-2/h5,7,9-10,12-13,15-16,18-19,29-30,36,38-43,48,50-51H,3-4,6,8,11,14,17,20-28,31-35,47H2,1-2H3,(H,54,55)(H,56,57)/b7-5-,10-9-,13-12-,16-15-,19-18-,30-29+/t36-,38+,39+,40+,41-,42+,43-/m0/s1. The molecule has 0 aromatic heterocycles. The second-order valence-electron chi connectivity index (χ2n) is 15.4. The molecular formula is C46H74NO14P. The Bertz CT molecular complexity index is 1510. The number of carboxylic acids is 1. The van der Waals surface area contributed by atoms with Crippen molar-refractivity contribution < 1.29 is 67.6 Å². The molecule has 0 spiro atoms. The first-order valence-electron chi connectivity index (χ1n) is 22.1. The van der Waals surface area contributed by atoms with Crippen LogP contribution in [0.25, 0.3) is 0 Å². The molecule has 0 amide bonds. The lowest BCUT2D eigenvalue weighted by molar-refractivity contribution is -0.161. The first-order chi connectivity index (χ1) is 29.7. The normalized spacial score (nSPS) is 20.8. The number of nitrogens with two attached hydrogens (primary N) is 1. The van der Waals surface area contributed by atoms with Gasteiger partial charge in [-0.15, -0.1) is 0 Å². The predicted octanol–water partition coefficient (Wildman–Crippen LogP) is 7.28. The minimum atomic E-state index is -4.84. The average Bonchev–Trinajstić information content (AvgIpc) is 3.49. The first kappa shape index (κ1) is 56.5. The van der Waals surface area contributed by atoms with Crippen LogP contribution in [0.2, 0.25) is 0 Å². The van der Waals surface area contributed by atoms with Gasteiger partial charge in [-0.25, -0.2) is 4.57 Å². The van der Waals surface area contributed by atoms with Crippen LogP contribution in [-0.2, 0) is 42.3 Å². The summed E-state index contributed by atoms with van der Waals surface area (Å²) in [5, 5.41) is 40.2. The van der Waals surface area contributed by atoms with Crippen LogP contribution in [0.4, 0.5) is 0 Å². The van der Waals surface area contributed by atoms with Crippen LogP contribution < -0.4 is 5.73 Å². The van der Waals surface area contributed by atoms with Crippen molar-refractivity contribution in [1.82, 2.24) is 0 Å². The first-order valence-corrected chi connectivity index (χ1v) is 23.6. The molecule has 0 heterocycles. The van der Waals surface area contributed by atoms with Gasteiger partial charge >= 0.3 is 25.7 Å². The number of Topliss-reactive ketones (excluding diaryl/α,β-unsaturated/α-hetero) is 1. The molecule has 0 radical (unpaired) electrons. The van der Waals surface area contributed by atoms with E-state index in [0.29, 0.717) is 25.7 Å². The Morgan fingerprint density at radius 1 is 0.742 bits per heavy atom. The van der Waals surface area contributed by atoms with Crippen LogP contribution in [0.15, 0.2) is 72.9 Å². The molecule has 0 bridgehead atoms. The molecule has 8 atom stereocenters. The number of hydrogen-bond acceptors (Lipinski definition) is 13. The van der Waals surface area contributed by atoms with Crippen molar-refractivity contribution in [1.29, 1.82) is 0 Å². The number of phosphoric acid groups is 1. The number of esters is 2. The minimum absolute atomic E-state index is 0.0252. The highest BCUT2D eigenvalue weighted by Gasteiger charge is 2.41. The Hall–Kier alpha value is -3.53. The van der Waals surface area contributed by atoms with Gasteiger partial charge < -0.3 is 40.5 Å². The van der Waals surface area contributed by atoms with E-state index >= 15 is 0 Å². The maximum absolute atomic E-state index is 12.9. The van der Waals surface area contributed by atoms with E-state index in [1.54, 1.807) is 12.2 Å². The maximum Gasteiger partial charge on any atom is 0.472 e. The van der Waals surface area contributed by atoms with Crippen LogP contribution in [-0.4, -0.2) is 99.3 Å². The Labute approximate surface area is 368 Å². The zero-order valence-corrected chi connectivity index (χ0v) is 37.6. The molecule has 62 heavy (non-hydrogen) atoms. The van der Waals surface area contributed by atoms with Crippen molar-refractivity contribution in [2.24, 2.45) is 17.6 Å². The molecule has 352 valence electrons. The summed E-state index contributed by atoms with van der Waals surface area (Å²) in [5.74, 6) is -3.94. The van der Waals surface area contributed by atoms with Gasteiger partial charge in [-0.3, -0.25) is 28.2 Å². The lowest BCUT2D eigenvalue weighted by Crippen LogP contribution is -2.34. The summed E-state index contributed by atoms with van der Waals surface area (Å²) in [4.78, 5) is 59.1. The number of carbonyl (C=O) groups is 4. The molecule has 1 aliphatic rings. The third-order valence-electron chi connectivity index (χ3n) is 9.92. The van der Waals surface area contributed by atoms with Crippen molar-refractivity contribution in [3.8, 4) is 0 Å². The highest BCUT2D eigenvalue weighted by atomic mass is 31.2. The zero-order chi connectivity index (χ0) is 46.0. The van der Waals surface area contributed by atoms with Gasteiger partial charge in [0.15, 0.2) is 6.10 Å². The number of ketones is 1. The number of aliphatic carboxylic acids is 1. The fourth-order valence-corrected chi connectivity index (χ4v) is 7.17. The highest BCUT2D eigenvalue weighted by Crippen LogP contribution is 2.43. The van der Waals surface area contributed by atoms with E-state index in [1.165, 1.54) is 0 Å². The molecule has 0 aromatic carbocycles. The second-order valence-corrected chi connectivity index (χ2v) is 16.9. The van der Waals surface area contributed by atoms with E-state index in [9.17, 15) is 44.0 Å². The molecule has 0 aliphatic heterocycles. The monoisotopic (exact) mass is 895 g/mol. The van der Waals surface area contributed by atoms with Crippen molar-refractivity contribution in [3.63, 3.8) is 0 Å². The molecule has 1 unspecified atom stereocenters. The summed E-state index contributed by atoms with van der Waals surface area (Å²) in [6, 6.07) is -1.60. The third-order valence-corrected chi connectivity index (χ3v) is 10.9. The van der Waals surface area contributed by atoms with Crippen molar-refractivity contribution >= 4 is 31.5 Å². The number of aliphatic hydroxyl groups is 3. The van der Waals surface area contributed by atoms with E-state index < -0.39 is 87.8 Å². The molecule has 15 nitrogen and oxygen atoms in total. The molecule has 16 heteroatoms. The van der Waals surface area contributed by atoms with E-state index in [2.05, 4.69) is 67.0 Å². The second kappa shape index (κ2) is 34.9. The summed E-state index contributed by atoms with van der Waals surface area (Å²) in [6.07, 6.45) is 30.4. The number of aliphatic hydroxyl groups excluding tert-OH is 3. The van der Waals surface area contributed by atoms with Crippen molar-refractivity contribution in [2.75, 3.05) is 19.8 Å². The van der Waals surface area contributed by atoms with Crippen molar-refractivity contribution in [2.45, 2.75) is 160 Å². The van der Waals surface area contributed by atoms with Crippen LogP contribution in [0, 0.1) is 11.8 Å². The van der Waals surface area contributed by atoms with Crippen molar-refractivity contribution in [3.05, 3.63) is 72.9 Å². The SMILES string of the molecule is CC/C=C\C/C=C\C/C=C\C/C=C\C/C=C\CCCC(=O)OC[C@H](COP(=O)(O)OC[C@H](N)C(=O)O)OC(=O)CCCCC(=O)C[C@@H]1[C@@H](/C=C/[C@@H](O)CCCCC)[C@H](O)C[C@@H]1O. The predicted molar refractivity (Wildman–Crippen MR) is 237 cm³/mol.